The number of nitrogens with one attached hydrogen (secondary N) is 1. The van der Waals surface area contributed by atoms with E-state index in [-0.39, 0.29) is 0 Å². The van der Waals surface area contributed by atoms with E-state index in [2.05, 4.69) is 12.2 Å². The molecule has 1 aliphatic heterocycles. The molecule has 3 rings (SSSR count). The highest BCUT2D eigenvalue weighted by molar-refractivity contribution is 7.88. The summed E-state index contributed by atoms with van der Waals surface area (Å²) >= 11 is 0. The Bertz CT molecular complexity index is 465. The van der Waals surface area contributed by atoms with Crippen LogP contribution in [0.4, 0.5) is 0 Å². The van der Waals surface area contributed by atoms with Crippen molar-refractivity contribution in [2.75, 3.05) is 25.9 Å². The predicted octanol–water partition coefficient (Wildman–Crippen LogP) is 2.07. The fourth-order valence-corrected chi connectivity index (χ4v) is 5.85. The molecule has 5 atom stereocenters. The second-order valence-electron chi connectivity index (χ2n) is 7.66. The quantitative estimate of drug-likeness (QED) is 0.845. The zero-order valence-corrected chi connectivity index (χ0v) is 14.2. The molecule has 4 nitrogen and oxygen atoms in total. The fourth-order valence-electron chi connectivity index (χ4n) is 4.90. The molecule has 0 aromatic rings. The van der Waals surface area contributed by atoms with Crippen LogP contribution in [0, 0.1) is 23.7 Å². The summed E-state index contributed by atoms with van der Waals surface area (Å²) in [6.07, 6.45) is 9.26. The summed E-state index contributed by atoms with van der Waals surface area (Å²) < 4.78 is 25.0. The Labute approximate surface area is 129 Å². The van der Waals surface area contributed by atoms with Crippen molar-refractivity contribution in [3.05, 3.63) is 0 Å². The molecule has 3 aliphatic rings. The third-order valence-electron chi connectivity index (χ3n) is 6.11. The van der Waals surface area contributed by atoms with Crippen molar-refractivity contribution in [2.24, 2.45) is 23.7 Å². The summed E-state index contributed by atoms with van der Waals surface area (Å²) in [7, 11) is -3.01. The summed E-state index contributed by atoms with van der Waals surface area (Å²) in [5.41, 5.74) is 0. The number of fused-ring (bicyclic) bond motifs is 2. The van der Waals surface area contributed by atoms with Gasteiger partial charge in [-0.3, -0.25) is 0 Å². The molecule has 0 spiro atoms. The van der Waals surface area contributed by atoms with Gasteiger partial charge in [0.2, 0.25) is 10.0 Å². The van der Waals surface area contributed by atoms with Crippen molar-refractivity contribution in [1.82, 2.24) is 9.62 Å². The van der Waals surface area contributed by atoms with Gasteiger partial charge in [0.1, 0.15) is 0 Å². The van der Waals surface area contributed by atoms with Gasteiger partial charge in [-0.05, 0) is 69.2 Å². The van der Waals surface area contributed by atoms with Gasteiger partial charge in [0.15, 0.2) is 0 Å². The molecular weight excluding hydrogens is 284 g/mol. The summed E-state index contributed by atoms with van der Waals surface area (Å²) in [6.45, 7) is 4.72. The molecule has 3 fully saturated rings. The highest BCUT2D eigenvalue weighted by Crippen LogP contribution is 2.49. The van der Waals surface area contributed by atoms with E-state index in [1.54, 1.807) is 4.31 Å². The van der Waals surface area contributed by atoms with Gasteiger partial charge in [-0.1, -0.05) is 6.42 Å². The minimum Gasteiger partial charge on any atom is -0.314 e. The molecule has 0 aromatic carbocycles. The first-order valence-electron chi connectivity index (χ1n) is 8.62. The van der Waals surface area contributed by atoms with Gasteiger partial charge in [-0.15, -0.1) is 0 Å². The van der Waals surface area contributed by atoms with Gasteiger partial charge >= 0.3 is 0 Å². The van der Waals surface area contributed by atoms with Crippen LogP contribution in [0.5, 0.6) is 0 Å². The highest BCUT2D eigenvalue weighted by atomic mass is 32.2. The molecule has 5 unspecified atom stereocenters. The normalized spacial score (nSPS) is 38.8. The van der Waals surface area contributed by atoms with E-state index in [0.29, 0.717) is 25.0 Å². The minimum atomic E-state index is -3.01. The number of piperidine rings is 1. The van der Waals surface area contributed by atoms with Crippen LogP contribution >= 0.6 is 0 Å². The largest absolute Gasteiger partial charge is 0.314 e. The molecule has 2 aliphatic carbocycles. The smallest absolute Gasteiger partial charge is 0.211 e. The first kappa shape index (κ1) is 15.8. The number of sulfonamides is 1. The lowest BCUT2D eigenvalue weighted by atomic mass is 9.83. The van der Waals surface area contributed by atoms with Crippen molar-refractivity contribution >= 4 is 10.0 Å². The van der Waals surface area contributed by atoms with E-state index in [4.69, 9.17) is 0 Å². The molecule has 5 heteroatoms. The van der Waals surface area contributed by atoms with Crippen LogP contribution in [-0.4, -0.2) is 44.7 Å². The van der Waals surface area contributed by atoms with Crippen molar-refractivity contribution in [1.29, 1.82) is 0 Å². The molecule has 1 saturated heterocycles. The lowest BCUT2D eigenvalue weighted by Gasteiger charge is -2.34. The number of hydrogen-bond donors (Lipinski definition) is 1. The van der Waals surface area contributed by atoms with Gasteiger partial charge in [0.25, 0.3) is 0 Å². The van der Waals surface area contributed by atoms with E-state index in [1.165, 1.54) is 31.9 Å². The van der Waals surface area contributed by atoms with E-state index in [1.807, 2.05) is 0 Å². The second kappa shape index (κ2) is 6.17. The topological polar surface area (TPSA) is 49.4 Å². The van der Waals surface area contributed by atoms with Gasteiger partial charge in [0.05, 0.1) is 6.26 Å². The molecule has 2 saturated carbocycles. The standard InChI is InChI=1S/C16H30N2O2S/c1-12(16-9-13-5-6-15(16)8-13)17-10-14-4-3-7-18(11-14)21(2,19)20/h12-17H,3-11H2,1-2H3. The van der Waals surface area contributed by atoms with Crippen molar-refractivity contribution < 1.29 is 8.42 Å². The summed E-state index contributed by atoms with van der Waals surface area (Å²) in [5, 5.41) is 3.73. The number of hydrogen-bond acceptors (Lipinski definition) is 3. The van der Waals surface area contributed by atoms with E-state index in [9.17, 15) is 8.42 Å². The summed E-state index contributed by atoms with van der Waals surface area (Å²) in [4.78, 5) is 0. The maximum atomic E-state index is 11.7. The number of nitrogens with zero attached hydrogens (tertiary/aromatic N) is 1. The molecule has 0 amide bonds. The van der Waals surface area contributed by atoms with E-state index >= 15 is 0 Å². The zero-order chi connectivity index (χ0) is 15.0. The molecule has 1 N–H and O–H groups in total. The van der Waals surface area contributed by atoms with Crippen LogP contribution in [0.15, 0.2) is 0 Å². The zero-order valence-electron chi connectivity index (χ0n) is 13.4. The first-order valence-corrected chi connectivity index (χ1v) is 10.5. The highest BCUT2D eigenvalue weighted by Gasteiger charge is 2.41. The second-order valence-corrected chi connectivity index (χ2v) is 9.65. The molecule has 0 radical (unpaired) electrons. The van der Waals surface area contributed by atoms with Gasteiger partial charge < -0.3 is 5.32 Å². The molecule has 1 heterocycles. The maximum absolute atomic E-state index is 11.7. The Morgan fingerprint density at radius 3 is 2.67 bits per heavy atom. The predicted molar refractivity (Wildman–Crippen MR) is 85.5 cm³/mol. The lowest BCUT2D eigenvalue weighted by molar-refractivity contribution is 0.223. The Morgan fingerprint density at radius 1 is 1.24 bits per heavy atom. The lowest BCUT2D eigenvalue weighted by Crippen LogP contribution is -2.45. The molecular formula is C16H30N2O2S. The van der Waals surface area contributed by atoms with Crippen molar-refractivity contribution in [3.63, 3.8) is 0 Å². The maximum Gasteiger partial charge on any atom is 0.211 e. The van der Waals surface area contributed by atoms with Crippen LogP contribution in [-0.2, 0) is 10.0 Å². The average molecular weight is 314 g/mol. The fraction of sp³-hybridized carbons (Fsp3) is 1.00. The van der Waals surface area contributed by atoms with E-state index < -0.39 is 10.0 Å². The molecule has 21 heavy (non-hydrogen) atoms. The molecule has 0 aromatic heterocycles. The molecule has 2 bridgehead atoms. The monoisotopic (exact) mass is 314 g/mol. The van der Waals surface area contributed by atoms with Crippen LogP contribution in [0.2, 0.25) is 0 Å². The average Bonchev–Trinajstić information content (AvgIpc) is 3.07. The Balaban J connectivity index is 1.46. The third-order valence-corrected chi connectivity index (χ3v) is 7.38. The first-order chi connectivity index (χ1) is 9.93. The van der Waals surface area contributed by atoms with Crippen LogP contribution in [0.3, 0.4) is 0 Å². The van der Waals surface area contributed by atoms with Crippen molar-refractivity contribution in [3.8, 4) is 0 Å². The van der Waals surface area contributed by atoms with Crippen LogP contribution < -0.4 is 5.32 Å². The van der Waals surface area contributed by atoms with E-state index in [0.717, 1.165) is 37.1 Å². The van der Waals surface area contributed by atoms with Gasteiger partial charge in [-0.2, -0.15) is 0 Å². The van der Waals surface area contributed by atoms with Crippen LogP contribution in [0.25, 0.3) is 0 Å². The third kappa shape index (κ3) is 3.62. The minimum absolute atomic E-state index is 0.481. The van der Waals surface area contributed by atoms with Gasteiger partial charge in [0, 0.05) is 19.1 Å². The van der Waals surface area contributed by atoms with Crippen molar-refractivity contribution in [2.45, 2.75) is 51.5 Å². The SMILES string of the molecule is CC(NCC1CCCN(S(C)(=O)=O)C1)C1CC2CCC1C2. The van der Waals surface area contributed by atoms with Gasteiger partial charge in [-0.25, -0.2) is 12.7 Å². The summed E-state index contributed by atoms with van der Waals surface area (Å²) in [6, 6.07) is 0.592. The number of rotatable bonds is 5. The Morgan fingerprint density at radius 2 is 2.05 bits per heavy atom. The Kier molecular flexibility index (Phi) is 4.63. The van der Waals surface area contributed by atoms with Crippen LogP contribution in [0.1, 0.15) is 45.4 Å². The Hall–Kier alpha value is -0.130. The molecule has 122 valence electrons. The summed E-state index contributed by atoms with van der Waals surface area (Å²) in [5.74, 6) is 3.30.